The number of hydrazone groups is 1. The van der Waals surface area contributed by atoms with E-state index in [1.54, 1.807) is 43.3 Å². The number of carbonyl (C=O) groups excluding carboxylic acids is 2. The van der Waals surface area contributed by atoms with Gasteiger partial charge in [0.15, 0.2) is 6.61 Å². The van der Waals surface area contributed by atoms with Crippen LogP contribution in [0.25, 0.3) is 0 Å². The fraction of sp³-hybridized carbons (Fsp3) is 0.200. The molecule has 0 spiro atoms. The Bertz CT molecular complexity index is 946. The molecule has 2 aromatic carbocycles. The van der Waals surface area contributed by atoms with Gasteiger partial charge >= 0.3 is 5.97 Å². The van der Waals surface area contributed by atoms with E-state index in [4.69, 9.17) is 14.7 Å². The van der Waals surface area contributed by atoms with Crippen LogP contribution in [0.1, 0.15) is 28.4 Å². The summed E-state index contributed by atoms with van der Waals surface area (Å²) in [4.78, 5) is 24.0. The van der Waals surface area contributed by atoms with Gasteiger partial charge in [-0.3, -0.25) is 4.79 Å². The lowest BCUT2D eigenvalue weighted by Gasteiger charge is -2.24. The predicted molar refractivity (Wildman–Crippen MR) is 97.3 cm³/mol. The summed E-state index contributed by atoms with van der Waals surface area (Å²) in [6.45, 7) is 1.39. The van der Waals surface area contributed by atoms with Crippen molar-refractivity contribution >= 4 is 17.6 Å². The molecule has 0 bridgehead atoms. The summed E-state index contributed by atoms with van der Waals surface area (Å²) in [6.07, 6.45) is -0.0352. The van der Waals surface area contributed by atoms with Crippen LogP contribution in [0.3, 0.4) is 0 Å². The van der Waals surface area contributed by atoms with Crippen LogP contribution < -0.4 is 10.2 Å². The summed E-state index contributed by atoms with van der Waals surface area (Å²) in [5, 5.41) is 13.0. The van der Waals surface area contributed by atoms with Crippen molar-refractivity contribution in [2.24, 2.45) is 5.10 Å². The average Bonchev–Trinajstić information content (AvgIpc) is 2.70. The van der Waals surface area contributed by atoms with Gasteiger partial charge in [0.2, 0.25) is 0 Å². The van der Waals surface area contributed by atoms with Gasteiger partial charge in [-0.25, -0.2) is 10.2 Å². The van der Waals surface area contributed by atoms with E-state index in [-0.39, 0.29) is 6.61 Å². The summed E-state index contributed by atoms with van der Waals surface area (Å²) < 4.78 is 10.7. The molecule has 1 aliphatic rings. The minimum atomic E-state index is -0.534. The molecule has 0 radical (unpaired) electrons. The summed E-state index contributed by atoms with van der Waals surface area (Å²) in [5.41, 5.74) is 4.63. The third-order valence-electron chi connectivity index (χ3n) is 4.08. The van der Waals surface area contributed by atoms with Gasteiger partial charge in [0, 0.05) is 6.42 Å². The molecule has 3 rings (SSSR count). The second-order valence-electron chi connectivity index (χ2n) is 5.94. The Balaban J connectivity index is 1.57. The molecule has 1 N–H and O–H groups in total. The maximum absolute atomic E-state index is 12.0. The van der Waals surface area contributed by atoms with Crippen LogP contribution in [0.4, 0.5) is 0 Å². The van der Waals surface area contributed by atoms with Crippen LogP contribution in [0.15, 0.2) is 53.6 Å². The number of fused-ring (bicyclic) bond motifs is 1. The summed E-state index contributed by atoms with van der Waals surface area (Å²) in [7, 11) is 0. The molecule has 136 valence electrons. The van der Waals surface area contributed by atoms with Crippen LogP contribution in [0, 0.1) is 11.3 Å². The SMILES string of the molecule is CC(=NNC(=O)COc1ccccc1C#N)C1Cc2ccccc2C(=O)O1. The number of amides is 1. The number of rotatable bonds is 5. The van der Waals surface area contributed by atoms with Crippen molar-refractivity contribution in [3.63, 3.8) is 0 Å². The number of nitriles is 1. The molecule has 0 saturated carbocycles. The molecule has 0 fully saturated rings. The van der Waals surface area contributed by atoms with Gasteiger partial charge in [-0.2, -0.15) is 10.4 Å². The minimum Gasteiger partial charge on any atom is -0.482 e. The smallest absolute Gasteiger partial charge is 0.339 e. The highest BCUT2D eigenvalue weighted by Gasteiger charge is 2.27. The molecule has 1 atom stereocenters. The summed E-state index contributed by atoms with van der Waals surface area (Å²) in [6, 6.07) is 15.9. The van der Waals surface area contributed by atoms with Crippen molar-refractivity contribution < 1.29 is 19.1 Å². The van der Waals surface area contributed by atoms with Crippen LogP contribution in [-0.2, 0) is 16.0 Å². The van der Waals surface area contributed by atoms with E-state index in [0.29, 0.717) is 29.0 Å². The lowest BCUT2D eigenvalue weighted by atomic mass is 9.97. The number of cyclic esters (lactones) is 1. The zero-order valence-electron chi connectivity index (χ0n) is 14.6. The number of esters is 1. The normalized spacial score (nSPS) is 15.9. The molecule has 7 heteroatoms. The van der Waals surface area contributed by atoms with E-state index < -0.39 is 18.0 Å². The highest BCUT2D eigenvalue weighted by Crippen LogP contribution is 2.21. The number of para-hydroxylation sites is 1. The van der Waals surface area contributed by atoms with Gasteiger partial charge in [-0.05, 0) is 30.7 Å². The first-order chi connectivity index (χ1) is 13.1. The van der Waals surface area contributed by atoms with Crippen molar-refractivity contribution in [3.8, 4) is 11.8 Å². The highest BCUT2D eigenvalue weighted by molar-refractivity contribution is 5.97. The zero-order valence-corrected chi connectivity index (χ0v) is 14.6. The van der Waals surface area contributed by atoms with Crippen molar-refractivity contribution in [2.45, 2.75) is 19.4 Å². The van der Waals surface area contributed by atoms with Gasteiger partial charge in [0.05, 0.1) is 16.8 Å². The molecule has 0 saturated heterocycles. The van der Waals surface area contributed by atoms with Crippen LogP contribution in [-0.4, -0.2) is 30.3 Å². The van der Waals surface area contributed by atoms with Crippen LogP contribution in [0.5, 0.6) is 5.75 Å². The molecule has 1 unspecified atom stereocenters. The van der Waals surface area contributed by atoms with E-state index >= 15 is 0 Å². The van der Waals surface area contributed by atoms with Gasteiger partial charge in [-0.15, -0.1) is 0 Å². The molecule has 0 aliphatic carbocycles. The van der Waals surface area contributed by atoms with Crippen molar-refractivity contribution in [2.75, 3.05) is 6.61 Å². The number of hydrogen-bond acceptors (Lipinski definition) is 6. The molecular formula is C20H17N3O4. The van der Waals surface area contributed by atoms with Gasteiger partial charge in [-0.1, -0.05) is 30.3 Å². The van der Waals surface area contributed by atoms with E-state index in [1.807, 2.05) is 18.2 Å². The van der Waals surface area contributed by atoms with E-state index in [9.17, 15) is 9.59 Å². The molecule has 1 aliphatic heterocycles. The number of ether oxygens (including phenoxy) is 2. The second kappa shape index (κ2) is 8.15. The Morgan fingerprint density at radius 2 is 2.04 bits per heavy atom. The van der Waals surface area contributed by atoms with Crippen molar-refractivity contribution in [3.05, 3.63) is 65.2 Å². The molecule has 7 nitrogen and oxygen atoms in total. The third kappa shape index (κ3) is 4.30. The van der Waals surface area contributed by atoms with Gasteiger partial charge < -0.3 is 9.47 Å². The Kier molecular flexibility index (Phi) is 5.47. The Hall–Kier alpha value is -3.66. The van der Waals surface area contributed by atoms with Gasteiger partial charge in [0.25, 0.3) is 5.91 Å². The van der Waals surface area contributed by atoms with Crippen LogP contribution in [0.2, 0.25) is 0 Å². The standard InChI is InChI=1S/C20H17N3O4/c1-13(18-10-14-6-2-4-8-16(14)20(25)27-18)22-23-19(24)12-26-17-9-5-3-7-15(17)11-21/h2-9,18H,10,12H2,1H3,(H,23,24). The largest absolute Gasteiger partial charge is 0.482 e. The number of benzene rings is 2. The monoisotopic (exact) mass is 363 g/mol. The molecule has 1 heterocycles. The fourth-order valence-electron chi connectivity index (χ4n) is 2.65. The number of nitrogens with one attached hydrogen (secondary N) is 1. The first-order valence-corrected chi connectivity index (χ1v) is 8.32. The lowest BCUT2D eigenvalue weighted by molar-refractivity contribution is -0.123. The molecular weight excluding hydrogens is 346 g/mol. The Morgan fingerprint density at radius 3 is 2.85 bits per heavy atom. The zero-order chi connectivity index (χ0) is 19.2. The fourth-order valence-corrected chi connectivity index (χ4v) is 2.65. The molecule has 27 heavy (non-hydrogen) atoms. The molecule has 1 amide bonds. The molecule has 0 aromatic heterocycles. The Labute approximate surface area is 156 Å². The third-order valence-corrected chi connectivity index (χ3v) is 4.08. The van der Waals surface area contributed by atoms with E-state index in [2.05, 4.69) is 10.5 Å². The number of carbonyl (C=O) groups is 2. The quantitative estimate of drug-likeness (QED) is 0.499. The lowest BCUT2D eigenvalue weighted by Crippen LogP contribution is -2.35. The summed E-state index contributed by atoms with van der Waals surface area (Å²) >= 11 is 0. The average molecular weight is 363 g/mol. The maximum atomic E-state index is 12.0. The molecule has 2 aromatic rings. The topological polar surface area (TPSA) is 101 Å². The highest BCUT2D eigenvalue weighted by atomic mass is 16.5. The first kappa shape index (κ1) is 18.1. The van der Waals surface area contributed by atoms with Crippen LogP contribution >= 0.6 is 0 Å². The summed E-state index contributed by atoms with van der Waals surface area (Å²) in [5.74, 6) is -0.558. The van der Waals surface area contributed by atoms with E-state index in [1.165, 1.54) is 0 Å². The first-order valence-electron chi connectivity index (χ1n) is 8.32. The van der Waals surface area contributed by atoms with Crippen molar-refractivity contribution in [1.29, 1.82) is 5.26 Å². The van der Waals surface area contributed by atoms with Crippen molar-refractivity contribution in [1.82, 2.24) is 5.43 Å². The number of hydrogen-bond donors (Lipinski definition) is 1. The predicted octanol–water partition coefficient (Wildman–Crippen LogP) is 2.21. The number of nitrogens with zero attached hydrogens (tertiary/aromatic N) is 2. The van der Waals surface area contributed by atoms with E-state index in [0.717, 1.165) is 5.56 Å². The minimum absolute atomic E-state index is 0.289. The second-order valence-corrected chi connectivity index (χ2v) is 5.94. The van der Waals surface area contributed by atoms with Gasteiger partial charge in [0.1, 0.15) is 17.9 Å². The Morgan fingerprint density at radius 1 is 1.30 bits per heavy atom. The maximum Gasteiger partial charge on any atom is 0.339 e.